The number of rotatable bonds is 11. The van der Waals surface area contributed by atoms with Crippen LogP contribution in [0.4, 0.5) is 24.0 Å². The van der Waals surface area contributed by atoms with Gasteiger partial charge in [-0.2, -0.15) is 0 Å². The molecule has 0 aromatic carbocycles. The highest BCUT2D eigenvalue weighted by Gasteiger charge is 2.45. The Balaban J connectivity index is 0.000000377. The average Bonchev–Trinajstić information content (AvgIpc) is 4.01. The van der Waals surface area contributed by atoms with Crippen LogP contribution in [-0.4, -0.2) is 145 Å². The number of carboxylic acid groups (broad SMARTS) is 1. The molecule has 20 nitrogen and oxygen atoms in total. The minimum atomic E-state index is -1.05. The van der Waals surface area contributed by atoms with Crippen molar-refractivity contribution in [1.82, 2.24) is 26.6 Å². The second-order valence-corrected chi connectivity index (χ2v) is 19.0. The van der Waals surface area contributed by atoms with Crippen molar-refractivity contribution in [1.29, 1.82) is 0 Å². The number of esters is 4. The molecule has 5 saturated heterocycles. The molecule has 5 atom stereocenters. The van der Waals surface area contributed by atoms with Crippen molar-refractivity contribution in [3.05, 3.63) is 0 Å². The average molecular weight is 946 g/mol. The number of hydrogen-bond acceptors (Lipinski definition) is 19. The summed E-state index contributed by atoms with van der Waals surface area (Å²) in [4.78, 5) is 110. The predicted molar refractivity (Wildman–Crippen MR) is 230 cm³/mol. The lowest BCUT2D eigenvalue weighted by Gasteiger charge is -2.20. The molecule has 0 spiro atoms. The van der Waals surface area contributed by atoms with E-state index >= 15 is 0 Å². The van der Waals surface area contributed by atoms with E-state index in [0.717, 1.165) is 78.1 Å². The first-order valence-corrected chi connectivity index (χ1v) is 23.4. The minimum absolute atomic E-state index is 0.153. The maximum Gasteiger partial charge on any atom is 0.332 e. The molecule has 5 amide bonds. The SMILES string of the molecule is CCCCOC(=O)[C@@]1(C)CSC(=O)N1.CCCOC(=O)[C@@]1(C)CSC(=O)N1.CCOC(=O)[C@@]1(C)CSC(=O)N1.COC(=O)[C@@]1(C)CSC(=O)N1.C[C@]1(C(=O)O)CSC(=O)N1. The fourth-order valence-electron chi connectivity index (χ4n) is 4.43. The molecule has 0 bridgehead atoms. The molecule has 5 heterocycles. The second kappa shape index (κ2) is 24.8. The summed E-state index contributed by atoms with van der Waals surface area (Å²) in [7, 11) is 1.31. The Labute approximate surface area is 369 Å². The largest absolute Gasteiger partial charge is 0.479 e. The Morgan fingerprint density at radius 2 is 0.800 bits per heavy atom. The Morgan fingerprint density at radius 1 is 0.500 bits per heavy atom. The lowest BCUT2D eigenvalue weighted by molar-refractivity contribution is -0.150. The molecule has 5 rings (SSSR count). The molecule has 5 fully saturated rings. The van der Waals surface area contributed by atoms with Crippen LogP contribution in [-0.2, 0) is 42.9 Å². The van der Waals surface area contributed by atoms with Gasteiger partial charge in [0.05, 0.1) is 26.9 Å². The van der Waals surface area contributed by atoms with E-state index in [1.54, 1.807) is 34.6 Å². The van der Waals surface area contributed by atoms with E-state index in [0.29, 0.717) is 48.6 Å². The van der Waals surface area contributed by atoms with Gasteiger partial charge in [0.1, 0.15) is 27.7 Å². The third kappa shape index (κ3) is 17.1. The van der Waals surface area contributed by atoms with Crippen molar-refractivity contribution in [2.45, 2.75) is 102 Å². The molecule has 0 saturated carbocycles. The van der Waals surface area contributed by atoms with Gasteiger partial charge in [-0.3, -0.25) is 24.0 Å². The highest BCUT2D eigenvalue weighted by Crippen LogP contribution is 2.27. The van der Waals surface area contributed by atoms with Gasteiger partial charge < -0.3 is 50.6 Å². The zero-order chi connectivity index (χ0) is 46.0. The van der Waals surface area contributed by atoms with Crippen LogP contribution in [0, 0.1) is 0 Å². The predicted octanol–water partition coefficient (Wildman–Crippen LogP) is 4.12. The molecular formula is C35H55N5O15S5. The molecule has 0 aromatic rings. The molecule has 0 aromatic heterocycles. The second-order valence-electron chi connectivity index (χ2n) is 14.3. The van der Waals surface area contributed by atoms with Gasteiger partial charge in [0.25, 0.3) is 26.2 Å². The molecule has 340 valence electrons. The lowest BCUT2D eigenvalue weighted by Crippen LogP contribution is -2.49. The van der Waals surface area contributed by atoms with Crippen LogP contribution in [0.3, 0.4) is 0 Å². The summed E-state index contributed by atoms with van der Waals surface area (Å²) in [5, 5.41) is 20.3. The van der Waals surface area contributed by atoms with Gasteiger partial charge in [0.15, 0.2) is 0 Å². The number of nitrogens with one attached hydrogen (secondary N) is 5. The molecule has 60 heavy (non-hydrogen) atoms. The number of thioether (sulfide) groups is 5. The van der Waals surface area contributed by atoms with E-state index < -0.39 is 39.6 Å². The summed E-state index contributed by atoms with van der Waals surface area (Å²) in [5.74, 6) is -0.294. The summed E-state index contributed by atoms with van der Waals surface area (Å²) >= 11 is 5.44. The number of aliphatic carboxylic acids is 1. The number of unbranched alkanes of at least 4 members (excludes halogenated alkanes) is 1. The Bertz CT molecular complexity index is 1630. The number of carboxylic acids is 1. The van der Waals surface area contributed by atoms with Crippen molar-refractivity contribution in [3.63, 3.8) is 0 Å². The number of carbonyl (C=O) groups excluding carboxylic acids is 9. The van der Waals surface area contributed by atoms with Gasteiger partial charge in [0, 0.05) is 28.8 Å². The molecule has 0 radical (unpaired) electrons. The van der Waals surface area contributed by atoms with E-state index in [2.05, 4.69) is 31.3 Å². The number of amides is 5. The number of hydrogen-bond donors (Lipinski definition) is 6. The van der Waals surface area contributed by atoms with E-state index in [1.165, 1.54) is 14.0 Å². The van der Waals surface area contributed by atoms with Crippen molar-refractivity contribution >= 4 is 115 Å². The molecule has 0 aliphatic carbocycles. The third-order valence-electron chi connectivity index (χ3n) is 8.25. The van der Waals surface area contributed by atoms with Gasteiger partial charge in [-0.15, -0.1) is 0 Å². The number of ether oxygens (including phenoxy) is 4. The summed E-state index contributed by atoms with van der Waals surface area (Å²) < 4.78 is 19.3. The van der Waals surface area contributed by atoms with Crippen LogP contribution in [0.2, 0.25) is 0 Å². The Morgan fingerprint density at radius 3 is 1.03 bits per heavy atom. The fraction of sp³-hybridized carbons (Fsp3) is 0.714. The van der Waals surface area contributed by atoms with E-state index in [9.17, 15) is 47.9 Å². The topological polar surface area (TPSA) is 288 Å². The van der Waals surface area contributed by atoms with Gasteiger partial charge in [-0.05, 0) is 54.4 Å². The monoisotopic (exact) mass is 945 g/mol. The minimum Gasteiger partial charge on any atom is -0.479 e. The third-order valence-corrected chi connectivity index (χ3v) is 13.7. The van der Waals surface area contributed by atoms with Gasteiger partial charge in [-0.25, -0.2) is 24.0 Å². The van der Waals surface area contributed by atoms with Crippen molar-refractivity contribution in [2.24, 2.45) is 0 Å². The maximum absolute atomic E-state index is 11.5. The highest BCUT2D eigenvalue weighted by atomic mass is 32.2. The first kappa shape index (κ1) is 54.5. The van der Waals surface area contributed by atoms with Crippen molar-refractivity contribution < 1.29 is 72.0 Å². The summed E-state index contributed by atoms with van der Waals surface area (Å²) in [6.45, 7) is 15.1. The molecular weight excluding hydrogens is 891 g/mol. The first-order valence-electron chi connectivity index (χ1n) is 18.5. The van der Waals surface area contributed by atoms with Crippen molar-refractivity contribution in [2.75, 3.05) is 55.7 Å². The van der Waals surface area contributed by atoms with Crippen LogP contribution in [0.25, 0.3) is 0 Å². The normalized spacial score (nSPS) is 28.4. The van der Waals surface area contributed by atoms with E-state index in [1.807, 2.05) is 13.8 Å². The lowest BCUT2D eigenvalue weighted by atomic mass is 10.1. The van der Waals surface area contributed by atoms with E-state index in [-0.39, 0.29) is 44.1 Å². The summed E-state index contributed by atoms with van der Waals surface area (Å²) in [6, 6.07) is 0. The van der Waals surface area contributed by atoms with Crippen molar-refractivity contribution in [3.8, 4) is 0 Å². The van der Waals surface area contributed by atoms with Crippen LogP contribution < -0.4 is 26.6 Å². The van der Waals surface area contributed by atoms with Crippen LogP contribution in [0.15, 0.2) is 0 Å². The van der Waals surface area contributed by atoms with E-state index in [4.69, 9.17) is 19.3 Å². The van der Waals surface area contributed by atoms with Crippen LogP contribution in [0.1, 0.15) is 74.7 Å². The molecule has 5 aliphatic heterocycles. The smallest absolute Gasteiger partial charge is 0.332 e. The van der Waals surface area contributed by atoms with Gasteiger partial charge in [0.2, 0.25) is 0 Å². The van der Waals surface area contributed by atoms with Crippen LogP contribution >= 0.6 is 58.8 Å². The molecule has 5 aliphatic rings. The fourth-order valence-corrected chi connectivity index (χ4v) is 8.97. The van der Waals surface area contributed by atoms with Gasteiger partial charge in [-0.1, -0.05) is 79.1 Å². The highest BCUT2D eigenvalue weighted by molar-refractivity contribution is 8.15. The molecule has 25 heteroatoms. The van der Waals surface area contributed by atoms with Crippen LogP contribution in [0.5, 0.6) is 0 Å². The van der Waals surface area contributed by atoms with Gasteiger partial charge >= 0.3 is 29.8 Å². The molecule has 6 N–H and O–H groups in total. The standard InChI is InChI=1S/C9H15NO3S.C8H13NO3S.C7H11NO3S.C6H9NO3S.C5H7NO3S/c1-3-4-5-13-7(11)9(2)6-14-8(12)10-9;1-3-4-12-6(10)8(2)5-13-7(11)9-8;1-3-11-5(9)7(2)4-12-6(10)8-7;1-6(4(8)10-2)3-11-5(9)7-6;1-5(3(7)8)2-10-4(9)6-5/h3-6H2,1-2H3,(H,10,12);3-5H2,1-2H3,(H,9,11);3-4H2,1-2H3,(H,8,10);3H2,1-2H3,(H,7,9);2H2,1H3,(H,6,9)(H,7,8)/t9-;8-;7-;6-;5-/m11111/s1. The maximum atomic E-state index is 11.5. The number of carbonyl (C=O) groups is 10. The quantitative estimate of drug-likeness (QED) is 0.0964. The Kier molecular flexibility index (Phi) is 22.5. The summed E-state index contributed by atoms with van der Waals surface area (Å²) in [5.41, 5.74) is -4.34. The Hall–Kier alpha value is -3.55. The molecule has 0 unspecified atom stereocenters. The number of methoxy groups -OCH3 is 1. The summed E-state index contributed by atoms with van der Waals surface area (Å²) in [6.07, 6.45) is 2.65. The zero-order valence-corrected chi connectivity index (χ0v) is 39.1. The zero-order valence-electron chi connectivity index (χ0n) is 35.0. The first-order chi connectivity index (χ1) is 27.9.